The second-order valence-corrected chi connectivity index (χ2v) is 7.52. The first-order valence-corrected chi connectivity index (χ1v) is 8.51. The molecular formula is C14H15NO4S2. The summed E-state index contributed by atoms with van der Waals surface area (Å²) in [5.74, 6) is -1.15. The van der Waals surface area contributed by atoms with Crippen LogP contribution in [-0.4, -0.2) is 30.8 Å². The molecular weight excluding hydrogens is 310 g/mol. The van der Waals surface area contributed by atoms with E-state index in [4.69, 9.17) is 5.11 Å². The van der Waals surface area contributed by atoms with Crippen LogP contribution in [0.2, 0.25) is 0 Å². The Morgan fingerprint density at radius 3 is 2.57 bits per heavy atom. The number of thiophene rings is 1. The zero-order valence-corrected chi connectivity index (χ0v) is 13.2. The number of nitrogens with zero attached hydrogens (tertiary/aromatic N) is 1. The average Bonchev–Trinajstić information content (AvgIpc) is 3.00. The van der Waals surface area contributed by atoms with Gasteiger partial charge in [-0.1, -0.05) is 12.1 Å². The minimum Gasteiger partial charge on any atom is -0.478 e. The molecule has 0 spiro atoms. The molecule has 0 saturated heterocycles. The molecule has 112 valence electrons. The predicted molar refractivity (Wildman–Crippen MR) is 81.1 cm³/mol. The first-order valence-electron chi connectivity index (χ1n) is 6.19. The summed E-state index contributed by atoms with van der Waals surface area (Å²) < 4.78 is 26.4. The number of benzene rings is 1. The maximum absolute atomic E-state index is 12.6. The van der Waals surface area contributed by atoms with Gasteiger partial charge in [0.1, 0.15) is 0 Å². The van der Waals surface area contributed by atoms with Crippen molar-refractivity contribution in [1.29, 1.82) is 0 Å². The minimum atomic E-state index is -3.74. The molecule has 0 aliphatic heterocycles. The van der Waals surface area contributed by atoms with E-state index in [2.05, 4.69) is 0 Å². The van der Waals surface area contributed by atoms with Crippen molar-refractivity contribution in [2.45, 2.75) is 17.9 Å². The molecule has 1 heterocycles. The fraction of sp³-hybridized carbons (Fsp3) is 0.214. The number of hydrogen-bond acceptors (Lipinski definition) is 4. The molecule has 5 nitrogen and oxygen atoms in total. The largest absolute Gasteiger partial charge is 0.478 e. The summed E-state index contributed by atoms with van der Waals surface area (Å²) in [6.45, 7) is 1.80. The van der Waals surface area contributed by atoms with E-state index < -0.39 is 16.0 Å². The van der Waals surface area contributed by atoms with Crippen LogP contribution >= 0.6 is 11.3 Å². The Bertz CT molecular complexity index is 738. The van der Waals surface area contributed by atoms with Gasteiger partial charge in [0.25, 0.3) is 0 Å². The highest BCUT2D eigenvalue weighted by Crippen LogP contribution is 2.28. The number of hydrogen-bond donors (Lipinski definition) is 1. The van der Waals surface area contributed by atoms with Gasteiger partial charge in [0.15, 0.2) is 0 Å². The Morgan fingerprint density at radius 1 is 1.29 bits per heavy atom. The number of rotatable bonds is 5. The van der Waals surface area contributed by atoms with Crippen molar-refractivity contribution in [2.24, 2.45) is 0 Å². The first-order chi connectivity index (χ1) is 9.84. The molecule has 1 aromatic heterocycles. The zero-order chi connectivity index (χ0) is 15.6. The molecule has 0 radical (unpaired) electrons. The van der Waals surface area contributed by atoms with E-state index >= 15 is 0 Å². The molecule has 0 aliphatic carbocycles. The maximum atomic E-state index is 12.6. The molecule has 0 aliphatic rings. The summed E-state index contributed by atoms with van der Waals surface area (Å²) in [4.78, 5) is 11.9. The van der Waals surface area contributed by atoms with Crippen LogP contribution in [0.15, 0.2) is 46.7 Å². The summed E-state index contributed by atoms with van der Waals surface area (Å²) in [6.07, 6.45) is 0. The SMILES string of the molecule is C[C@H](c1cccs1)N(C)S(=O)(=O)c1cccc(C(=O)O)c1. The molecule has 21 heavy (non-hydrogen) atoms. The maximum Gasteiger partial charge on any atom is 0.335 e. The van der Waals surface area contributed by atoms with Gasteiger partial charge in [-0.15, -0.1) is 11.3 Å². The lowest BCUT2D eigenvalue weighted by molar-refractivity contribution is 0.0696. The molecule has 0 fully saturated rings. The third kappa shape index (κ3) is 3.15. The lowest BCUT2D eigenvalue weighted by atomic mass is 10.2. The van der Waals surface area contributed by atoms with Gasteiger partial charge in [0.05, 0.1) is 16.5 Å². The molecule has 1 N–H and O–H groups in total. The second-order valence-electron chi connectivity index (χ2n) is 4.55. The van der Waals surface area contributed by atoms with Crippen molar-refractivity contribution in [1.82, 2.24) is 4.31 Å². The number of aromatic carboxylic acids is 1. The van der Waals surface area contributed by atoms with Crippen molar-refractivity contribution in [2.75, 3.05) is 7.05 Å². The van der Waals surface area contributed by atoms with E-state index in [0.29, 0.717) is 0 Å². The van der Waals surface area contributed by atoms with Gasteiger partial charge in [-0.25, -0.2) is 13.2 Å². The number of sulfonamides is 1. The standard InChI is InChI=1S/C14H15NO4S2/c1-10(13-7-4-8-20-13)15(2)21(18,19)12-6-3-5-11(9-12)14(16)17/h3-10H,1-2H3,(H,16,17)/t10-/m1/s1. The summed E-state index contributed by atoms with van der Waals surface area (Å²) in [5.41, 5.74) is -0.0479. The van der Waals surface area contributed by atoms with Crippen LogP contribution in [0, 0.1) is 0 Å². The minimum absolute atomic E-state index is 0.0201. The van der Waals surface area contributed by atoms with Crippen LogP contribution in [-0.2, 0) is 10.0 Å². The molecule has 2 rings (SSSR count). The van der Waals surface area contributed by atoms with Crippen LogP contribution in [0.1, 0.15) is 28.2 Å². The van der Waals surface area contributed by atoms with Crippen LogP contribution < -0.4 is 0 Å². The average molecular weight is 325 g/mol. The Balaban J connectivity index is 2.37. The lowest BCUT2D eigenvalue weighted by Gasteiger charge is -2.23. The highest BCUT2D eigenvalue weighted by molar-refractivity contribution is 7.89. The van der Waals surface area contributed by atoms with Crippen molar-refractivity contribution >= 4 is 27.3 Å². The first kappa shape index (κ1) is 15.7. The van der Waals surface area contributed by atoms with Crippen LogP contribution in [0.3, 0.4) is 0 Å². The molecule has 7 heteroatoms. The van der Waals surface area contributed by atoms with Gasteiger partial charge in [-0.2, -0.15) is 4.31 Å². The van der Waals surface area contributed by atoms with Crippen molar-refractivity contribution in [3.63, 3.8) is 0 Å². The zero-order valence-electron chi connectivity index (χ0n) is 11.6. The van der Waals surface area contributed by atoms with Crippen LogP contribution in [0.4, 0.5) is 0 Å². The third-order valence-electron chi connectivity index (χ3n) is 3.26. The van der Waals surface area contributed by atoms with Gasteiger partial charge in [0, 0.05) is 11.9 Å². The summed E-state index contributed by atoms with van der Waals surface area (Å²) in [7, 11) is -2.25. The Morgan fingerprint density at radius 2 is 2.00 bits per heavy atom. The Labute approximate surface area is 127 Å². The van der Waals surface area contributed by atoms with Gasteiger partial charge in [-0.05, 0) is 36.6 Å². The fourth-order valence-corrected chi connectivity index (χ4v) is 4.15. The molecule has 0 unspecified atom stereocenters. The molecule has 0 amide bonds. The highest BCUT2D eigenvalue weighted by Gasteiger charge is 2.27. The molecule has 0 saturated carbocycles. The van der Waals surface area contributed by atoms with Crippen LogP contribution in [0.5, 0.6) is 0 Å². The van der Waals surface area contributed by atoms with E-state index in [0.717, 1.165) is 4.88 Å². The van der Waals surface area contributed by atoms with E-state index in [1.807, 2.05) is 17.5 Å². The Hall–Kier alpha value is -1.70. The van der Waals surface area contributed by atoms with Crippen LogP contribution in [0.25, 0.3) is 0 Å². The monoisotopic (exact) mass is 325 g/mol. The summed E-state index contributed by atoms with van der Waals surface area (Å²) >= 11 is 1.48. The summed E-state index contributed by atoms with van der Waals surface area (Å²) in [6, 6.07) is 8.79. The van der Waals surface area contributed by atoms with Crippen molar-refractivity contribution in [3.05, 3.63) is 52.2 Å². The van der Waals surface area contributed by atoms with Gasteiger partial charge in [0.2, 0.25) is 10.0 Å². The quantitative estimate of drug-likeness (QED) is 0.917. The van der Waals surface area contributed by atoms with E-state index in [1.54, 1.807) is 6.92 Å². The topological polar surface area (TPSA) is 74.7 Å². The normalized spacial score (nSPS) is 13.3. The number of carboxylic acids is 1. The number of carbonyl (C=O) groups is 1. The van der Waals surface area contributed by atoms with Gasteiger partial charge >= 0.3 is 5.97 Å². The van der Waals surface area contributed by atoms with Crippen molar-refractivity contribution in [3.8, 4) is 0 Å². The van der Waals surface area contributed by atoms with E-state index in [9.17, 15) is 13.2 Å². The van der Waals surface area contributed by atoms with E-state index in [1.165, 1.54) is 47.0 Å². The highest BCUT2D eigenvalue weighted by atomic mass is 32.2. The predicted octanol–water partition coefficient (Wildman–Crippen LogP) is 2.83. The smallest absolute Gasteiger partial charge is 0.335 e. The molecule has 2 aromatic rings. The third-order valence-corrected chi connectivity index (χ3v) is 6.23. The van der Waals surface area contributed by atoms with Gasteiger partial charge < -0.3 is 5.11 Å². The van der Waals surface area contributed by atoms with Crippen molar-refractivity contribution < 1.29 is 18.3 Å². The second kappa shape index (κ2) is 5.97. The molecule has 0 bridgehead atoms. The summed E-state index contributed by atoms with van der Waals surface area (Å²) in [5, 5.41) is 10.9. The molecule has 1 aromatic carbocycles. The fourth-order valence-electron chi connectivity index (χ4n) is 1.87. The Kier molecular flexibility index (Phi) is 4.46. The van der Waals surface area contributed by atoms with Gasteiger partial charge in [-0.3, -0.25) is 0 Å². The number of carboxylic acid groups (broad SMARTS) is 1. The van der Waals surface area contributed by atoms with E-state index in [-0.39, 0.29) is 16.5 Å². The lowest BCUT2D eigenvalue weighted by Crippen LogP contribution is -2.29. The molecule has 1 atom stereocenters.